The number of aromatic nitrogens is 2. The topological polar surface area (TPSA) is 87.5 Å². The lowest BCUT2D eigenvalue weighted by Gasteiger charge is -2.35. The minimum atomic E-state index is -0.520. The van der Waals surface area contributed by atoms with Gasteiger partial charge in [0.15, 0.2) is 0 Å². The lowest BCUT2D eigenvalue weighted by atomic mass is 9.77. The number of likely N-dealkylation sites (tertiary alicyclic amines) is 1. The zero-order valence-corrected chi connectivity index (χ0v) is 16.2. The van der Waals surface area contributed by atoms with Gasteiger partial charge in [0.1, 0.15) is 0 Å². The van der Waals surface area contributed by atoms with Gasteiger partial charge in [0.05, 0.1) is 17.8 Å². The summed E-state index contributed by atoms with van der Waals surface area (Å²) in [6, 6.07) is -0.193. The molecule has 1 aromatic rings. The van der Waals surface area contributed by atoms with E-state index in [9.17, 15) is 14.7 Å². The molecule has 2 fully saturated rings. The first kappa shape index (κ1) is 18.9. The monoisotopic (exact) mass is 362 g/mol. The number of nitrogens with zero attached hydrogens (tertiary/aromatic N) is 3. The van der Waals surface area contributed by atoms with Crippen LogP contribution >= 0.6 is 0 Å². The molecule has 0 spiro atoms. The van der Waals surface area contributed by atoms with Crippen molar-refractivity contribution in [1.82, 2.24) is 20.0 Å². The van der Waals surface area contributed by atoms with Crippen molar-refractivity contribution in [2.45, 2.75) is 65.6 Å². The molecule has 1 aromatic heterocycles. The molecule has 4 atom stereocenters. The molecule has 7 heteroatoms. The van der Waals surface area contributed by atoms with Crippen LogP contribution in [-0.4, -0.2) is 56.8 Å². The molecule has 0 bridgehead atoms. The highest BCUT2D eigenvalue weighted by Crippen LogP contribution is 2.36. The number of aliphatic hydroxyl groups is 1. The largest absolute Gasteiger partial charge is 0.391 e. The lowest BCUT2D eigenvalue weighted by molar-refractivity contribution is -0.130. The Labute approximate surface area is 154 Å². The third-order valence-electron chi connectivity index (χ3n) is 6.16. The van der Waals surface area contributed by atoms with Gasteiger partial charge in [-0.2, -0.15) is 5.10 Å². The summed E-state index contributed by atoms with van der Waals surface area (Å²) in [7, 11) is 0. The van der Waals surface area contributed by atoms with Crippen molar-refractivity contribution in [3.63, 3.8) is 0 Å². The summed E-state index contributed by atoms with van der Waals surface area (Å²) in [6.07, 6.45) is 1.31. The van der Waals surface area contributed by atoms with Gasteiger partial charge in [0.2, 0.25) is 11.8 Å². The first-order valence-corrected chi connectivity index (χ1v) is 9.49. The molecular weight excluding hydrogens is 332 g/mol. The van der Waals surface area contributed by atoms with Gasteiger partial charge in [0, 0.05) is 38.7 Å². The maximum Gasteiger partial charge on any atom is 0.224 e. The Balaban J connectivity index is 1.55. The smallest absolute Gasteiger partial charge is 0.224 e. The number of nitrogens with one attached hydrogen (secondary N) is 1. The zero-order valence-electron chi connectivity index (χ0n) is 16.2. The SMILES string of the molecule is CC(=O)N[C@@H]1C[C@@H]2CN(C(=O)CCn3nc(C)c(C)c3C)C[C@@H]2C[C@H]1O. The highest BCUT2D eigenvalue weighted by atomic mass is 16.3. The molecular formula is C19H30N4O3. The number of aryl methyl sites for hydroxylation is 2. The van der Waals surface area contributed by atoms with Crippen molar-refractivity contribution in [2.24, 2.45) is 11.8 Å². The van der Waals surface area contributed by atoms with Crippen LogP contribution < -0.4 is 5.32 Å². The molecule has 3 rings (SSSR count). The van der Waals surface area contributed by atoms with E-state index in [1.54, 1.807) is 0 Å². The summed E-state index contributed by atoms with van der Waals surface area (Å²) in [6.45, 7) is 9.59. The lowest BCUT2D eigenvalue weighted by Crippen LogP contribution is -2.48. The molecule has 0 radical (unpaired) electrons. The minimum absolute atomic E-state index is 0.112. The third kappa shape index (κ3) is 3.77. The van der Waals surface area contributed by atoms with Crippen LogP contribution in [0.1, 0.15) is 43.1 Å². The normalized spacial score (nSPS) is 28.1. The quantitative estimate of drug-likeness (QED) is 0.834. The third-order valence-corrected chi connectivity index (χ3v) is 6.16. The van der Waals surface area contributed by atoms with E-state index < -0.39 is 6.10 Å². The van der Waals surface area contributed by atoms with Crippen LogP contribution in [0.25, 0.3) is 0 Å². The number of hydrogen-bond donors (Lipinski definition) is 2. The van der Waals surface area contributed by atoms with Gasteiger partial charge in [-0.25, -0.2) is 0 Å². The predicted molar refractivity (Wildman–Crippen MR) is 97.5 cm³/mol. The molecule has 2 N–H and O–H groups in total. The maximum atomic E-state index is 12.7. The molecule has 7 nitrogen and oxygen atoms in total. The number of aliphatic hydroxyl groups excluding tert-OH is 1. The van der Waals surface area contributed by atoms with E-state index in [0.29, 0.717) is 37.8 Å². The minimum Gasteiger partial charge on any atom is -0.391 e. The van der Waals surface area contributed by atoms with Gasteiger partial charge in [-0.1, -0.05) is 0 Å². The molecule has 1 aliphatic heterocycles. The van der Waals surface area contributed by atoms with Gasteiger partial charge in [-0.3, -0.25) is 14.3 Å². The van der Waals surface area contributed by atoms with Crippen LogP contribution in [0.3, 0.4) is 0 Å². The number of hydrogen-bond acceptors (Lipinski definition) is 4. The highest BCUT2D eigenvalue weighted by molar-refractivity contribution is 5.76. The van der Waals surface area contributed by atoms with Crippen molar-refractivity contribution in [2.75, 3.05) is 13.1 Å². The van der Waals surface area contributed by atoms with Gasteiger partial charge >= 0.3 is 0 Å². The second kappa shape index (κ2) is 7.39. The van der Waals surface area contributed by atoms with Crippen molar-refractivity contribution in [1.29, 1.82) is 0 Å². The second-order valence-corrected chi connectivity index (χ2v) is 7.93. The fraction of sp³-hybridized carbons (Fsp3) is 0.737. The first-order valence-electron chi connectivity index (χ1n) is 9.49. The van der Waals surface area contributed by atoms with E-state index >= 15 is 0 Å². The first-order chi connectivity index (χ1) is 12.3. The van der Waals surface area contributed by atoms with Crippen molar-refractivity contribution >= 4 is 11.8 Å². The Hall–Kier alpha value is -1.89. The van der Waals surface area contributed by atoms with E-state index in [0.717, 1.165) is 24.4 Å². The van der Waals surface area contributed by atoms with E-state index in [2.05, 4.69) is 17.3 Å². The fourth-order valence-corrected chi connectivity index (χ4v) is 4.41. The van der Waals surface area contributed by atoms with Gasteiger partial charge in [0.25, 0.3) is 0 Å². The Bertz CT molecular complexity index is 699. The zero-order chi connectivity index (χ0) is 19.0. The number of rotatable bonds is 4. The molecule has 26 heavy (non-hydrogen) atoms. The van der Waals surface area contributed by atoms with E-state index in [1.807, 2.05) is 23.4 Å². The molecule has 2 heterocycles. The Morgan fingerprint density at radius 2 is 1.85 bits per heavy atom. The van der Waals surface area contributed by atoms with Crippen LogP contribution in [0.2, 0.25) is 0 Å². The molecule has 1 saturated heterocycles. The van der Waals surface area contributed by atoms with Crippen LogP contribution in [0, 0.1) is 32.6 Å². The summed E-state index contributed by atoms with van der Waals surface area (Å²) in [5, 5.41) is 17.6. The van der Waals surface area contributed by atoms with Crippen LogP contribution in [0.5, 0.6) is 0 Å². The molecule has 1 aliphatic carbocycles. The van der Waals surface area contributed by atoms with E-state index in [-0.39, 0.29) is 17.9 Å². The molecule has 0 unspecified atom stereocenters. The van der Waals surface area contributed by atoms with Crippen LogP contribution in [0.4, 0.5) is 0 Å². The molecule has 0 aromatic carbocycles. The van der Waals surface area contributed by atoms with Crippen LogP contribution in [-0.2, 0) is 16.1 Å². The standard InChI is InChI=1S/C19H30N4O3/c1-11-12(2)21-23(13(11)3)6-5-19(26)22-9-15-7-17(20-14(4)24)18(25)8-16(15)10-22/h15-18,25H,5-10H2,1-4H3,(H,20,24)/t15-,16+,17-,18-/m1/s1. The summed E-state index contributed by atoms with van der Waals surface area (Å²) < 4.78 is 1.92. The highest BCUT2D eigenvalue weighted by Gasteiger charge is 2.43. The van der Waals surface area contributed by atoms with E-state index in [4.69, 9.17) is 0 Å². The molecule has 144 valence electrons. The van der Waals surface area contributed by atoms with Crippen LogP contribution in [0.15, 0.2) is 0 Å². The Morgan fingerprint density at radius 1 is 1.19 bits per heavy atom. The van der Waals surface area contributed by atoms with Gasteiger partial charge in [-0.15, -0.1) is 0 Å². The summed E-state index contributed by atoms with van der Waals surface area (Å²) >= 11 is 0. The average Bonchev–Trinajstić information content (AvgIpc) is 3.08. The van der Waals surface area contributed by atoms with Crippen molar-refractivity contribution in [3.8, 4) is 0 Å². The summed E-state index contributed by atoms with van der Waals surface area (Å²) in [5.74, 6) is 0.721. The molecule has 2 aliphatic rings. The van der Waals surface area contributed by atoms with Crippen molar-refractivity contribution in [3.05, 3.63) is 17.0 Å². The fourth-order valence-electron chi connectivity index (χ4n) is 4.41. The second-order valence-electron chi connectivity index (χ2n) is 7.93. The average molecular weight is 362 g/mol. The number of amides is 2. The van der Waals surface area contributed by atoms with Crippen molar-refractivity contribution < 1.29 is 14.7 Å². The Morgan fingerprint density at radius 3 is 2.42 bits per heavy atom. The Kier molecular flexibility index (Phi) is 5.37. The summed E-state index contributed by atoms with van der Waals surface area (Å²) in [5.41, 5.74) is 3.31. The van der Waals surface area contributed by atoms with Gasteiger partial charge < -0.3 is 15.3 Å². The summed E-state index contributed by atoms with van der Waals surface area (Å²) in [4.78, 5) is 25.9. The number of carbonyl (C=O) groups is 2. The van der Waals surface area contributed by atoms with E-state index in [1.165, 1.54) is 12.5 Å². The van der Waals surface area contributed by atoms with Gasteiger partial charge in [-0.05, 0) is 51.0 Å². The number of carbonyl (C=O) groups excluding carboxylic acids is 2. The predicted octanol–water partition coefficient (Wildman–Crippen LogP) is 0.932. The number of fused-ring (bicyclic) bond motifs is 1. The molecule has 2 amide bonds. The molecule has 1 saturated carbocycles. The maximum absolute atomic E-state index is 12.7.